The minimum atomic E-state index is 0.520. The number of nitrogens with zero attached hydrogens (tertiary/aromatic N) is 1. The summed E-state index contributed by atoms with van der Waals surface area (Å²) in [6.07, 6.45) is 1.78. The predicted octanol–water partition coefficient (Wildman–Crippen LogP) is 4.42. The van der Waals surface area contributed by atoms with Gasteiger partial charge in [-0.2, -0.15) is 5.10 Å². The van der Waals surface area contributed by atoms with Crippen LogP contribution in [0.2, 0.25) is 0 Å². The van der Waals surface area contributed by atoms with E-state index in [0.29, 0.717) is 12.5 Å². The van der Waals surface area contributed by atoms with Crippen LogP contribution < -0.4 is 4.74 Å². The Morgan fingerprint density at radius 1 is 1.00 bits per heavy atom. The van der Waals surface area contributed by atoms with E-state index in [0.717, 1.165) is 21.2 Å². The number of hydrogen-bond donors (Lipinski definition) is 1. The second-order valence-electron chi connectivity index (χ2n) is 4.39. The van der Waals surface area contributed by atoms with Gasteiger partial charge < -0.3 is 4.74 Å². The zero-order chi connectivity index (χ0) is 13.8. The van der Waals surface area contributed by atoms with Gasteiger partial charge in [0.2, 0.25) is 5.88 Å². The van der Waals surface area contributed by atoms with Gasteiger partial charge in [0.1, 0.15) is 6.61 Å². The summed E-state index contributed by atoms with van der Waals surface area (Å²) in [6.45, 7) is 0.520. The number of aromatic amines is 1. The van der Waals surface area contributed by atoms with E-state index in [-0.39, 0.29) is 0 Å². The molecular formula is C16H13BrN2O. The maximum atomic E-state index is 5.82. The number of H-pyrrole nitrogens is 1. The van der Waals surface area contributed by atoms with Crippen molar-refractivity contribution in [1.82, 2.24) is 10.2 Å². The molecule has 3 rings (SSSR count). The molecule has 0 spiro atoms. The van der Waals surface area contributed by atoms with Gasteiger partial charge in [0.05, 0.1) is 11.8 Å². The molecule has 3 aromatic rings. The molecule has 20 heavy (non-hydrogen) atoms. The zero-order valence-electron chi connectivity index (χ0n) is 10.7. The summed E-state index contributed by atoms with van der Waals surface area (Å²) in [6, 6.07) is 18.1. The molecule has 0 bridgehead atoms. The van der Waals surface area contributed by atoms with Gasteiger partial charge in [0.15, 0.2) is 0 Å². The third-order valence-electron chi connectivity index (χ3n) is 2.99. The Balaban J connectivity index is 1.78. The summed E-state index contributed by atoms with van der Waals surface area (Å²) >= 11 is 3.43. The van der Waals surface area contributed by atoms with E-state index < -0.39 is 0 Å². The summed E-state index contributed by atoms with van der Waals surface area (Å²) in [5.74, 6) is 0.691. The molecule has 100 valence electrons. The van der Waals surface area contributed by atoms with Crippen LogP contribution in [0.15, 0.2) is 65.3 Å². The molecule has 2 aromatic carbocycles. The van der Waals surface area contributed by atoms with E-state index in [4.69, 9.17) is 4.74 Å². The van der Waals surface area contributed by atoms with Crippen molar-refractivity contribution in [2.75, 3.05) is 0 Å². The van der Waals surface area contributed by atoms with Crippen molar-refractivity contribution in [1.29, 1.82) is 0 Å². The lowest BCUT2D eigenvalue weighted by Gasteiger charge is -2.06. The van der Waals surface area contributed by atoms with E-state index in [2.05, 4.69) is 26.1 Å². The van der Waals surface area contributed by atoms with Gasteiger partial charge >= 0.3 is 0 Å². The molecule has 3 nitrogen and oxygen atoms in total. The Labute approximate surface area is 125 Å². The highest BCUT2D eigenvalue weighted by atomic mass is 79.9. The van der Waals surface area contributed by atoms with Crippen LogP contribution in [0.5, 0.6) is 5.88 Å². The van der Waals surface area contributed by atoms with Crippen LogP contribution in [0.25, 0.3) is 11.1 Å². The highest BCUT2D eigenvalue weighted by molar-refractivity contribution is 9.10. The molecule has 0 atom stereocenters. The standard InChI is InChI=1S/C16H13BrN2O/c17-14-8-6-13(7-9-14)15-10-18-19-16(15)20-11-12-4-2-1-3-5-12/h1-10H,11H2,(H,18,19). The Bertz CT molecular complexity index is 677. The average molecular weight is 329 g/mol. The molecule has 0 saturated carbocycles. The molecule has 0 aliphatic carbocycles. The molecule has 4 heteroatoms. The first kappa shape index (κ1) is 12.9. The fourth-order valence-electron chi connectivity index (χ4n) is 1.95. The van der Waals surface area contributed by atoms with Crippen LogP contribution in [0, 0.1) is 0 Å². The topological polar surface area (TPSA) is 37.9 Å². The van der Waals surface area contributed by atoms with Crippen molar-refractivity contribution in [3.8, 4) is 17.0 Å². The summed E-state index contributed by atoms with van der Waals surface area (Å²) in [4.78, 5) is 0. The molecule has 0 aliphatic heterocycles. The Hall–Kier alpha value is -2.07. The van der Waals surface area contributed by atoms with Gasteiger partial charge in [-0.1, -0.05) is 58.4 Å². The van der Waals surface area contributed by atoms with Crippen molar-refractivity contribution >= 4 is 15.9 Å². The highest BCUT2D eigenvalue weighted by Gasteiger charge is 2.09. The van der Waals surface area contributed by atoms with Crippen LogP contribution in [-0.2, 0) is 6.61 Å². The average Bonchev–Trinajstić information content (AvgIpc) is 2.95. The van der Waals surface area contributed by atoms with E-state index >= 15 is 0 Å². The summed E-state index contributed by atoms with van der Waals surface area (Å²) in [7, 11) is 0. The van der Waals surface area contributed by atoms with Crippen molar-refractivity contribution < 1.29 is 4.74 Å². The quantitative estimate of drug-likeness (QED) is 0.769. The molecule has 0 amide bonds. The first-order valence-corrected chi connectivity index (χ1v) is 7.08. The lowest BCUT2D eigenvalue weighted by Crippen LogP contribution is -1.96. The Morgan fingerprint density at radius 2 is 1.75 bits per heavy atom. The fourth-order valence-corrected chi connectivity index (χ4v) is 2.21. The van der Waals surface area contributed by atoms with Gasteiger partial charge in [0, 0.05) is 4.47 Å². The second-order valence-corrected chi connectivity index (χ2v) is 5.31. The third-order valence-corrected chi connectivity index (χ3v) is 3.51. The highest BCUT2D eigenvalue weighted by Crippen LogP contribution is 2.29. The number of ether oxygens (including phenoxy) is 1. The Kier molecular flexibility index (Phi) is 3.83. The van der Waals surface area contributed by atoms with E-state index in [9.17, 15) is 0 Å². The molecule has 1 aromatic heterocycles. The normalized spacial score (nSPS) is 10.4. The van der Waals surface area contributed by atoms with Gasteiger partial charge in [-0.25, -0.2) is 5.10 Å². The third kappa shape index (κ3) is 2.91. The number of nitrogens with one attached hydrogen (secondary N) is 1. The number of aromatic nitrogens is 2. The first-order valence-electron chi connectivity index (χ1n) is 6.29. The SMILES string of the molecule is Brc1ccc(-c2cn[nH]c2OCc2ccccc2)cc1. The van der Waals surface area contributed by atoms with Crippen LogP contribution in [-0.4, -0.2) is 10.2 Å². The molecule has 0 fully saturated rings. The molecule has 0 radical (unpaired) electrons. The zero-order valence-corrected chi connectivity index (χ0v) is 12.3. The summed E-state index contributed by atoms with van der Waals surface area (Å²) in [5.41, 5.74) is 3.17. The van der Waals surface area contributed by atoms with E-state index in [1.165, 1.54) is 0 Å². The lowest BCUT2D eigenvalue weighted by molar-refractivity contribution is 0.294. The maximum absolute atomic E-state index is 5.82. The number of rotatable bonds is 4. The number of hydrogen-bond acceptors (Lipinski definition) is 2. The van der Waals surface area contributed by atoms with Crippen molar-refractivity contribution in [2.24, 2.45) is 0 Å². The van der Waals surface area contributed by atoms with Crippen LogP contribution in [0.4, 0.5) is 0 Å². The summed E-state index contributed by atoms with van der Waals surface area (Å²) in [5, 5.41) is 6.98. The molecule has 1 heterocycles. The smallest absolute Gasteiger partial charge is 0.217 e. The minimum absolute atomic E-state index is 0.520. The number of halogens is 1. The molecular weight excluding hydrogens is 316 g/mol. The maximum Gasteiger partial charge on any atom is 0.217 e. The van der Waals surface area contributed by atoms with E-state index in [1.54, 1.807) is 6.20 Å². The second kappa shape index (κ2) is 5.92. The van der Waals surface area contributed by atoms with Gasteiger partial charge in [0.25, 0.3) is 0 Å². The van der Waals surface area contributed by atoms with Crippen LogP contribution in [0.1, 0.15) is 5.56 Å². The molecule has 0 saturated heterocycles. The van der Waals surface area contributed by atoms with Gasteiger partial charge in [-0.3, -0.25) is 0 Å². The molecule has 0 aliphatic rings. The van der Waals surface area contributed by atoms with Crippen molar-refractivity contribution in [3.63, 3.8) is 0 Å². The molecule has 1 N–H and O–H groups in total. The lowest BCUT2D eigenvalue weighted by atomic mass is 10.1. The van der Waals surface area contributed by atoms with Gasteiger partial charge in [-0.15, -0.1) is 0 Å². The monoisotopic (exact) mass is 328 g/mol. The Morgan fingerprint density at radius 3 is 2.50 bits per heavy atom. The summed E-state index contributed by atoms with van der Waals surface area (Å²) < 4.78 is 6.87. The first-order chi connectivity index (χ1) is 9.83. The largest absolute Gasteiger partial charge is 0.473 e. The fraction of sp³-hybridized carbons (Fsp3) is 0.0625. The van der Waals surface area contributed by atoms with Gasteiger partial charge in [-0.05, 0) is 23.3 Å². The van der Waals surface area contributed by atoms with Crippen molar-refractivity contribution in [2.45, 2.75) is 6.61 Å². The van der Waals surface area contributed by atoms with Crippen LogP contribution >= 0.6 is 15.9 Å². The van der Waals surface area contributed by atoms with Crippen molar-refractivity contribution in [3.05, 3.63) is 70.8 Å². The van der Waals surface area contributed by atoms with Crippen LogP contribution in [0.3, 0.4) is 0 Å². The predicted molar refractivity (Wildman–Crippen MR) is 82.5 cm³/mol. The minimum Gasteiger partial charge on any atom is -0.473 e. The van der Waals surface area contributed by atoms with E-state index in [1.807, 2.05) is 54.6 Å². The number of benzene rings is 2. The molecule has 0 unspecified atom stereocenters.